The fourth-order valence-corrected chi connectivity index (χ4v) is 3.50. The molecule has 0 aliphatic carbocycles. The average molecular weight is 275 g/mol. The second-order valence-electron chi connectivity index (χ2n) is 5.74. The molecule has 3 heteroatoms. The molecule has 0 spiro atoms. The SMILES string of the molecule is Cc1ccc2c(c1)c1cccc3c1n2CCN3CCC#N. The number of rotatable bonds is 2. The summed E-state index contributed by atoms with van der Waals surface area (Å²) < 4.78 is 2.43. The van der Waals surface area contributed by atoms with Crippen LogP contribution in [0.25, 0.3) is 21.8 Å². The summed E-state index contributed by atoms with van der Waals surface area (Å²) in [6.45, 7) is 4.93. The summed E-state index contributed by atoms with van der Waals surface area (Å²) in [6.07, 6.45) is 0.579. The zero-order chi connectivity index (χ0) is 14.4. The molecule has 0 fully saturated rings. The molecule has 0 unspecified atom stereocenters. The van der Waals surface area contributed by atoms with E-state index in [0.717, 1.165) is 19.6 Å². The van der Waals surface area contributed by atoms with Gasteiger partial charge in [0.1, 0.15) is 0 Å². The van der Waals surface area contributed by atoms with Crippen LogP contribution >= 0.6 is 0 Å². The number of fused-ring (bicyclic) bond motifs is 3. The number of nitriles is 1. The fraction of sp³-hybridized carbons (Fsp3) is 0.278. The minimum atomic E-state index is 0.579. The molecule has 0 atom stereocenters. The maximum Gasteiger partial charge on any atom is 0.0729 e. The second kappa shape index (κ2) is 4.53. The summed E-state index contributed by atoms with van der Waals surface area (Å²) >= 11 is 0. The fourth-order valence-electron chi connectivity index (χ4n) is 3.50. The van der Waals surface area contributed by atoms with Gasteiger partial charge in [-0.25, -0.2) is 0 Å². The highest BCUT2D eigenvalue weighted by molar-refractivity contribution is 6.12. The highest BCUT2D eigenvalue weighted by Gasteiger charge is 2.21. The Kier molecular flexibility index (Phi) is 2.65. The van der Waals surface area contributed by atoms with Crippen molar-refractivity contribution in [2.24, 2.45) is 0 Å². The molecular weight excluding hydrogens is 258 g/mol. The van der Waals surface area contributed by atoms with Gasteiger partial charge in [-0.3, -0.25) is 0 Å². The molecule has 0 saturated carbocycles. The molecular formula is C18H17N3. The lowest BCUT2D eigenvalue weighted by Gasteiger charge is -2.30. The lowest BCUT2D eigenvalue weighted by Crippen LogP contribution is -2.32. The summed E-state index contributed by atoms with van der Waals surface area (Å²) in [5, 5.41) is 11.5. The molecule has 3 nitrogen and oxygen atoms in total. The van der Waals surface area contributed by atoms with E-state index < -0.39 is 0 Å². The molecule has 21 heavy (non-hydrogen) atoms. The Hall–Kier alpha value is -2.47. The Labute approximate surface area is 124 Å². The van der Waals surface area contributed by atoms with E-state index in [2.05, 4.69) is 58.9 Å². The summed E-state index contributed by atoms with van der Waals surface area (Å²) in [4.78, 5) is 2.34. The van der Waals surface area contributed by atoms with Gasteiger partial charge in [0.25, 0.3) is 0 Å². The van der Waals surface area contributed by atoms with Gasteiger partial charge in [-0.1, -0.05) is 23.8 Å². The van der Waals surface area contributed by atoms with Crippen LogP contribution in [-0.4, -0.2) is 17.7 Å². The highest BCUT2D eigenvalue weighted by Crippen LogP contribution is 2.38. The quantitative estimate of drug-likeness (QED) is 0.711. The normalized spacial score (nSPS) is 13.8. The first-order chi connectivity index (χ1) is 10.3. The van der Waals surface area contributed by atoms with Crippen molar-refractivity contribution in [3.63, 3.8) is 0 Å². The minimum absolute atomic E-state index is 0.579. The maximum atomic E-state index is 8.85. The van der Waals surface area contributed by atoms with Crippen LogP contribution in [-0.2, 0) is 6.54 Å². The smallest absolute Gasteiger partial charge is 0.0729 e. The van der Waals surface area contributed by atoms with Gasteiger partial charge in [-0.2, -0.15) is 5.26 Å². The minimum Gasteiger partial charge on any atom is -0.367 e. The number of anilines is 1. The second-order valence-corrected chi connectivity index (χ2v) is 5.74. The molecule has 0 radical (unpaired) electrons. The zero-order valence-electron chi connectivity index (χ0n) is 12.1. The molecule has 4 rings (SSSR count). The predicted octanol–water partition coefficient (Wildman–Crippen LogP) is 3.84. The van der Waals surface area contributed by atoms with Crippen LogP contribution in [0.4, 0.5) is 5.69 Å². The molecule has 0 amide bonds. The Balaban J connectivity index is 2.02. The molecule has 3 aromatic rings. The van der Waals surface area contributed by atoms with Crippen LogP contribution < -0.4 is 4.90 Å². The number of hydrogen-bond acceptors (Lipinski definition) is 2. The van der Waals surface area contributed by atoms with E-state index in [0.29, 0.717) is 6.42 Å². The number of aromatic nitrogens is 1. The molecule has 2 heterocycles. The summed E-state index contributed by atoms with van der Waals surface area (Å²) in [6, 6.07) is 15.5. The van der Waals surface area contributed by atoms with E-state index >= 15 is 0 Å². The first-order valence-corrected chi connectivity index (χ1v) is 7.43. The summed E-state index contributed by atoms with van der Waals surface area (Å²) in [7, 11) is 0. The van der Waals surface area contributed by atoms with Crippen molar-refractivity contribution >= 4 is 27.5 Å². The lowest BCUT2D eigenvalue weighted by molar-refractivity contribution is 0.666. The first-order valence-electron chi connectivity index (χ1n) is 7.43. The summed E-state index contributed by atoms with van der Waals surface area (Å²) in [5.74, 6) is 0. The molecule has 0 bridgehead atoms. The standard InChI is InChI=1S/C18H17N3/c1-13-6-7-16-15(12-13)14-4-2-5-17-18(14)21(16)11-10-20(17)9-3-8-19/h2,4-7,12H,3,9-11H2,1H3. The molecule has 104 valence electrons. The van der Waals surface area contributed by atoms with Crippen molar-refractivity contribution in [2.45, 2.75) is 19.9 Å². The van der Waals surface area contributed by atoms with E-state index in [9.17, 15) is 0 Å². The predicted molar refractivity (Wildman–Crippen MR) is 86.6 cm³/mol. The Morgan fingerprint density at radius 3 is 2.90 bits per heavy atom. The van der Waals surface area contributed by atoms with Crippen LogP contribution in [0.2, 0.25) is 0 Å². The zero-order valence-corrected chi connectivity index (χ0v) is 12.1. The molecule has 0 saturated heterocycles. The van der Waals surface area contributed by atoms with Crippen LogP contribution in [0.3, 0.4) is 0 Å². The monoisotopic (exact) mass is 275 g/mol. The van der Waals surface area contributed by atoms with Gasteiger partial charge >= 0.3 is 0 Å². The van der Waals surface area contributed by atoms with Gasteiger partial charge in [-0.05, 0) is 25.1 Å². The van der Waals surface area contributed by atoms with Crippen LogP contribution in [0.5, 0.6) is 0 Å². The maximum absolute atomic E-state index is 8.85. The van der Waals surface area contributed by atoms with Crippen molar-refractivity contribution in [2.75, 3.05) is 18.0 Å². The third kappa shape index (κ3) is 1.72. The molecule has 0 N–H and O–H groups in total. The summed E-state index contributed by atoms with van der Waals surface area (Å²) in [5.41, 5.74) is 5.21. The first kappa shape index (κ1) is 12.3. The van der Waals surface area contributed by atoms with Crippen LogP contribution in [0.15, 0.2) is 36.4 Å². The topological polar surface area (TPSA) is 32.0 Å². The van der Waals surface area contributed by atoms with Crippen molar-refractivity contribution in [3.05, 3.63) is 42.0 Å². The Bertz CT molecular complexity index is 883. The lowest BCUT2D eigenvalue weighted by atomic mass is 10.1. The highest BCUT2D eigenvalue weighted by atomic mass is 15.2. The van der Waals surface area contributed by atoms with Gasteiger partial charge in [-0.15, -0.1) is 0 Å². The molecule has 1 aromatic heterocycles. The van der Waals surface area contributed by atoms with E-state index in [-0.39, 0.29) is 0 Å². The van der Waals surface area contributed by atoms with Crippen molar-refractivity contribution in [3.8, 4) is 6.07 Å². The van der Waals surface area contributed by atoms with Gasteiger partial charge < -0.3 is 9.47 Å². The van der Waals surface area contributed by atoms with Gasteiger partial charge in [0, 0.05) is 35.9 Å². The van der Waals surface area contributed by atoms with Crippen LogP contribution in [0.1, 0.15) is 12.0 Å². The number of hydrogen-bond donors (Lipinski definition) is 0. The molecule has 1 aliphatic heterocycles. The van der Waals surface area contributed by atoms with Gasteiger partial charge in [0.15, 0.2) is 0 Å². The molecule has 2 aromatic carbocycles. The number of aryl methyl sites for hydroxylation is 1. The van der Waals surface area contributed by atoms with Gasteiger partial charge in [0.2, 0.25) is 0 Å². The molecule has 1 aliphatic rings. The number of para-hydroxylation sites is 1. The van der Waals surface area contributed by atoms with E-state index in [1.54, 1.807) is 0 Å². The van der Waals surface area contributed by atoms with Crippen LogP contribution in [0, 0.1) is 18.3 Å². The van der Waals surface area contributed by atoms with E-state index in [4.69, 9.17) is 5.26 Å². The number of nitrogens with zero attached hydrogens (tertiary/aromatic N) is 3. The van der Waals surface area contributed by atoms with Crippen molar-refractivity contribution < 1.29 is 0 Å². The largest absolute Gasteiger partial charge is 0.367 e. The van der Waals surface area contributed by atoms with Crippen molar-refractivity contribution in [1.29, 1.82) is 5.26 Å². The third-order valence-corrected chi connectivity index (χ3v) is 4.45. The van der Waals surface area contributed by atoms with Crippen molar-refractivity contribution in [1.82, 2.24) is 4.57 Å². The van der Waals surface area contributed by atoms with Gasteiger partial charge in [0.05, 0.1) is 23.7 Å². The van der Waals surface area contributed by atoms with E-state index in [1.165, 1.54) is 33.1 Å². The Morgan fingerprint density at radius 2 is 2.05 bits per heavy atom. The number of benzene rings is 2. The average Bonchev–Trinajstić information content (AvgIpc) is 2.82. The Morgan fingerprint density at radius 1 is 1.14 bits per heavy atom. The van der Waals surface area contributed by atoms with E-state index in [1.807, 2.05) is 0 Å². The third-order valence-electron chi connectivity index (χ3n) is 4.45.